The maximum Gasteiger partial charge on any atom is 0.229 e. The zero-order valence-corrected chi connectivity index (χ0v) is 16.7. The number of hydrogen-bond acceptors (Lipinski definition) is 5. The number of amides is 1. The second kappa shape index (κ2) is 9.62. The summed E-state index contributed by atoms with van der Waals surface area (Å²) in [5.74, 6) is 1.27. The molecule has 2 atom stereocenters. The normalized spacial score (nSPS) is 18.6. The first-order valence-electron chi connectivity index (χ1n) is 9.02. The Kier molecular flexibility index (Phi) is 7.50. The first-order valence-corrected chi connectivity index (χ1v) is 9.02. The number of nitrogens with one attached hydrogen (secondary N) is 2. The van der Waals surface area contributed by atoms with Gasteiger partial charge in [0.05, 0.1) is 31.0 Å². The lowest BCUT2D eigenvalue weighted by Crippen LogP contribution is -2.28. The second-order valence-electron chi connectivity index (χ2n) is 6.33. The Morgan fingerprint density at radius 2 is 2.07 bits per heavy atom. The Labute approximate surface area is 165 Å². The van der Waals surface area contributed by atoms with E-state index in [4.69, 9.17) is 9.47 Å². The fourth-order valence-corrected chi connectivity index (χ4v) is 3.31. The van der Waals surface area contributed by atoms with Gasteiger partial charge in [-0.25, -0.2) is 0 Å². The van der Waals surface area contributed by atoms with Crippen LogP contribution < -0.4 is 20.1 Å². The molecular formula is C19H27ClN4O3. The predicted molar refractivity (Wildman–Crippen MR) is 107 cm³/mol. The molecule has 1 amide bonds. The van der Waals surface area contributed by atoms with Crippen molar-refractivity contribution in [1.29, 1.82) is 0 Å². The van der Waals surface area contributed by atoms with Gasteiger partial charge in [0.15, 0.2) is 0 Å². The van der Waals surface area contributed by atoms with Crippen molar-refractivity contribution >= 4 is 24.0 Å². The SMILES string of the molecule is CCOc1ccc(OCC)c(NC(=O)[C@H]2CNC[C@@H]2c2cnn(C)c2)c1.Cl. The largest absolute Gasteiger partial charge is 0.494 e. The van der Waals surface area contributed by atoms with E-state index in [9.17, 15) is 4.79 Å². The summed E-state index contributed by atoms with van der Waals surface area (Å²) in [6, 6.07) is 5.49. The maximum absolute atomic E-state index is 13.0. The molecule has 2 aromatic rings. The van der Waals surface area contributed by atoms with Crippen molar-refractivity contribution in [1.82, 2.24) is 15.1 Å². The minimum absolute atomic E-state index is 0. The Morgan fingerprint density at radius 3 is 2.74 bits per heavy atom. The number of nitrogens with zero attached hydrogens (tertiary/aromatic N) is 2. The highest BCUT2D eigenvalue weighted by atomic mass is 35.5. The average Bonchev–Trinajstić information content (AvgIpc) is 3.26. The lowest BCUT2D eigenvalue weighted by atomic mass is 9.90. The van der Waals surface area contributed by atoms with Gasteiger partial charge in [0.25, 0.3) is 0 Å². The third-order valence-electron chi connectivity index (χ3n) is 4.52. The Balaban J connectivity index is 0.00000261. The standard InChI is InChI=1S/C19H26N4O3.ClH/c1-4-25-14-6-7-18(26-5-2)17(8-14)22-19(24)16-11-20-10-15(16)13-9-21-23(3)12-13;/h6-9,12,15-16,20H,4-5,10-11H2,1-3H3,(H,22,24);1H/t15-,16+;/m1./s1. The number of carbonyl (C=O) groups excluding carboxylic acids is 1. The highest BCUT2D eigenvalue weighted by molar-refractivity contribution is 5.95. The van der Waals surface area contributed by atoms with Crippen LogP contribution in [0.2, 0.25) is 0 Å². The van der Waals surface area contributed by atoms with E-state index in [0.717, 1.165) is 12.1 Å². The molecule has 0 radical (unpaired) electrons. The van der Waals surface area contributed by atoms with E-state index in [2.05, 4.69) is 15.7 Å². The molecule has 148 valence electrons. The second-order valence-corrected chi connectivity index (χ2v) is 6.33. The van der Waals surface area contributed by atoms with E-state index in [1.807, 2.05) is 51.5 Å². The van der Waals surface area contributed by atoms with Gasteiger partial charge in [-0.3, -0.25) is 9.48 Å². The molecule has 0 bridgehead atoms. The number of ether oxygens (including phenoxy) is 2. The van der Waals surface area contributed by atoms with E-state index < -0.39 is 0 Å². The van der Waals surface area contributed by atoms with Crippen LogP contribution >= 0.6 is 12.4 Å². The van der Waals surface area contributed by atoms with Gasteiger partial charge in [0.1, 0.15) is 11.5 Å². The van der Waals surface area contributed by atoms with E-state index in [0.29, 0.717) is 36.9 Å². The molecule has 1 aromatic heterocycles. The molecular weight excluding hydrogens is 368 g/mol. The van der Waals surface area contributed by atoms with Gasteiger partial charge in [0, 0.05) is 38.3 Å². The van der Waals surface area contributed by atoms with Crippen LogP contribution in [0, 0.1) is 5.92 Å². The fraction of sp³-hybridized carbons (Fsp3) is 0.474. The van der Waals surface area contributed by atoms with Gasteiger partial charge in [-0.05, 0) is 31.5 Å². The van der Waals surface area contributed by atoms with E-state index in [1.54, 1.807) is 4.68 Å². The summed E-state index contributed by atoms with van der Waals surface area (Å²) < 4.78 is 13.0. The van der Waals surface area contributed by atoms with Crippen molar-refractivity contribution in [2.24, 2.45) is 13.0 Å². The molecule has 0 saturated carbocycles. The fourth-order valence-electron chi connectivity index (χ4n) is 3.31. The van der Waals surface area contributed by atoms with Gasteiger partial charge in [-0.2, -0.15) is 5.10 Å². The molecule has 1 fully saturated rings. The highest BCUT2D eigenvalue weighted by Gasteiger charge is 2.35. The van der Waals surface area contributed by atoms with Crippen LogP contribution in [0.25, 0.3) is 0 Å². The van der Waals surface area contributed by atoms with Crippen molar-refractivity contribution < 1.29 is 14.3 Å². The first-order chi connectivity index (χ1) is 12.6. The molecule has 2 heterocycles. The van der Waals surface area contributed by atoms with Gasteiger partial charge in [-0.1, -0.05) is 0 Å². The number of aryl methyl sites for hydroxylation is 1. The summed E-state index contributed by atoms with van der Waals surface area (Å²) in [7, 11) is 1.88. The maximum atomic E-state index is 13.0. The van der Waals surface area contributed by atoms with Gasteiger partial charge >= 0.3 is 0 Å². The number of hydrogen-bond donors (Lipinski definition) is 2. The van der Waals surface area contributed by atoms with Crippen LogP contribution in [0.1, 0.15) is 25.3 Å². The van der Waals surface area contributed by atoms with E-state index in [-0.39, 0.29) is 30.2 Å². The monoisotopic (exact) mass is 394 g/mol. The Morgan fingerprint density at radius 1 is 1.30 bits per heavy atom. The quantitative estimate of drug-likeness (QED) is 0.754. The van der Waals surface area contributed by atoms with E-state index >= 15 is 0 Å². The van der Waals surface area contributed by atoms with Crippen molar-refractivity contribution in [3.63, 3.8) is 0 Å². The molecule has 8 heteroatoms. The zero-order chi connectivity index (χ0) is 18.5. The minimum atomic E-state index is -0.163. The summed E-state index contributed by atoms with van der Waals surface area (Å²) in [5.41, 5.74) is 1.71. The molecule has 7 nitrogen and oxygen atoms in total. The molecule has 1 aliphatic heterocycles. The van der Waals surface area contributed by atoms with E-state index in [1.165, 1.54) is 0 Å². The van der Waals surface area contributed by atoms with Crippen LogP contribution in [0.3, 0.4) is 0 Å². The first kappa shape index (κ1) is 21.1. The van der Waals surface area contributed by atoms with Gasteiger partial charge < -0.3 is 20.1 Å². The predicted octanol–water partition coefficient (Wildman–Crippen LogP) is 2.58. The summed E-state index contributed by atoms with van der Waals surface area (Å²) in [6.45, 7) is 6.34. The molecule has 1 aromatic carbocycles. The molecule has 3 rings (SSSR count). The number of aromatic nitrogens is 2. The number of benzene rings is 1. The third-order valence-corrected chi connectivity index (χ3v) is 4.52. The molecule has 0 aliphatic carbocycles. The summed E-state index contributed by atoms with van der Waals surface area (Å²) in [6.07, 6.45) is 3.80. The van der Waals surface area contributed by atoms with Crippen LogP contribution in [-0.4, -0.2) is 42.0 Å². The smallest absolute Gasteiger partial charge is 0.229 e. The average molecular weight is 395 g/mol. The molecule has 1 saturated heterocycles. The lowest BCUT2D eigenvalue weighted by Gasteiger charge is -2.19. The molecule has 1 aliphatic rings. The zero-order valence-electron chi connectivity index (χ0n) is 15.9. The minimum Gasteiger partial charge on any atom is -0.494 e. The van der Waals surface area contributed by atoms with Gasteiger partial charge in [-0.15, -0.1) is 12.4 Å². The van der Waals surface area contributed by atoms with Crippen molar-refractivity contribution in [3.8, 4) is 11.5 Å². The molecule has 0 spiro atoms. The van der Waals surface area contributed by atoms with Crippen molar-refractivity contribution in [3.05, 3.63) is 36.2 Å². The lowest BCUT2D eigenvalue weighted by molar-refractivity contribution is -0.119. The molecule has 27 heavy (non-hydrogen) atoms. The highest BCUT2D eigenvalue weighted by Crippen LogP contribution is 2.33. The van der Waals surface area contributed by atoms with Crippen molar-refractivity contribution in [2.75, 3.05) is 31.6 Å². The van der Waals surface area contributed by atoms with Crippen LogP contribution in [0.15, 0.2) is 30.6 Å². The van der Waals surface area contributed by atoms with Crippen LogP contribution in [0.5, 0.6) is 11.5 Å². The number of halogens is 1. The van der Waals surface area contributed by atoms with Crippen LogP contribution in [-0.2, 0) is 11.8 Å². The third kappa shape index (κ3) is 4.93. The Bertz CT molecular complexity index is 765. The number of anilines is 1. The summed E-state index contributed by atoms with van der Waals surface area (Å²) in [4.78, 5) is 13.0. The topological polar surface area (TPSA) is 77.4 Å². The number of carbonyl (C=O) groups is 1. The molecule has 0 unspecified atom stereocenters. The molecule has 2 N–H and O–H groups in total. The summed E-state index contributed by atoms with van der Waals surface area (Å²) >= 11 is 0. The van der Waals surface area contributed by atoms with Crippen molar-refractivity contribution in [2.45, 2.75) is 19.8 Å². The van der Waals surface area contributed by atoms with Crippen LogP contribution in [0.4, 0.5) is 5.69 Å². The van der Waals surface area contributed by atoms with Gasteiger partial charge in [0.2, 0.25) is 5.91 Å². The summed E-state index contributed by atoms with van der Waals surface area (Å²) in [5, 5.41) is 10.6. The number of rotatable bonds is 7. The Hall–Kier alpha value is -2.25.